The van der Waals surface area contributed by atoms with Gasteiger partial charge in [-0.1, -0.05) is 20.3 Å². The molecular formula is C16H30N2O. The lowest BCUT2D eigenvalue weighted by atomic mass is 9.89. The third-order valence-electron chi connectivity index (χ3n) is 5.45. The van der Waals surface area contributed by atoms with E-state index < -0.39 is 0 Å². The van der Waals surface area contributed by atoms with Crippen molar-refractivity contribution in [2.24, 2.45) is 5.92 Å². The van der Waals surface area contributed by atoms with Gasteiger partial charge < -0.3 is 4.74 Å². The Hall–Kier alpha value is -0.120. The normalized spacial score (nSPS) is 35.5. The van der Waals surface area contributed by atoms with Crippen LogP contribution in [0.2, 0.25) is 0 Å². The van der Waals surface area contributed by atoms with Gasteiger partial charge in [0.15, 0.2) is 0 Å². The first-order chi connectivity index (χ1) is 9.25. The quantitative estimate of drug-likeness (QED) is 0.763. The third kappa shape index (κ3) is 2.98. The maximum atomic E-state index is 5.56. The summed E-state index contributed by atoms with van der Waals surface area (Å²) in [6, 6.07) is 2.38. The van der Waals surface area contributed by atoms with E-state index in [4.69, 9.17) is 4.74 Å². The lowest BCUT2D eigenvalue weighted by Crippen LogP contribution is -2.63. The van der Waals surface area contributed by atoms with Gasteiger partial charge in [-0.2, -0.15) is 0 Å². The maximum Gasteiger partial charge on any atom is 0.0480 e. The Morgan fingerprint density at radius 2 is 1.74 bits per heavy atom. The maximum absolute atomic E-state index is 5.56. The van der Waals surface area contributed by atoms with Crippen LogP contribution >= 0.6 is 0 Å². The molecule has 0 amide bonds. The summed E-state index contributed by atoms with van der Waals surface area (Å²) >= 11 is 0. The van der Waals surface area contributed by atoms with Crippen LogP contribution in [0.25, 0.3) is 0 Å². The van der Waals surface area contributed by atoms with Crippen LogP contribution in [0.15, 0.2) is 0 Å². The van der Waals surface area contributed by atoms with E-state index in [1.54, 1.807) is 0 Å². The SMILES string of the molecule is CC(C)C1CN2CCCCC2CN1C1CCOCC1. The van der Waals surface area contributed by atoms with Crippen LogP contribution in [0.3, 0.4) is 0 Å². The molecule has 0 bridgehead atoms. The number of rotatable bonds is 2. The van der Waals surface area contributed by atoms with Crippen LogP contribution in [-0.2, 0) is 4.74 Å². The molecule has 0 aliphatic carbocycles. The average molecular weight is 266 g/mol. The molecule has 0 spiro atoms. The number of nitrogens with zero attached hydrogens (tertiary/aromatic N) is 2. The molecule has 3 aliphatic rings. The Kier molecular flexibility index (Phi) is 4.45. The van der Waals surface area contributed by atoms with Crippen molar-refractivity contribution in [1.29, 1.82) is 0 Å². The van der Waals surface area contributed by atoms with Gasteiger partial charge in [0, 0.05) is 44.4 Å². The number of hydrogen-bond acceptors (Lipinski definition) is 3. The van der Waals surface area contributed by atoms with Gasteiger partial charge >= 0.3 is 0 Å². The zero-order valence-electron chi connectivity index (χ0n) is 12.7. The monoisotopic (exact) mass is 266 g/mol. The van der Waals surface area contributed by atoms with E-state index in [0.717, 1.165) is 37.3 Å². The highest BCUT2D eigenvalue weighted by Crippen LogP contribution is 2.30. The molecule has 110 valence electrons. The van der Waals surface area contributed by atoms with Gasteiger partial charge in [0.2, 0.25) is 0 Å². The van der Waals surface area contributed by atoms with Gasteiger partial charge in [0.25, 0.3) is 0 Å². The van der Waals surface area contributed by atoms with Crippen molar-refractivity contribution in [3.05, 3.63) is 0 Å². The topological polar surface area (TPSA) is 15.7 Å². The highest BCUT2D eigenvalue weighted by Gasteiger charge is 2.39. The molecule has 3 aliphatic heterocycles. The lowest BCUT2D eigenvalue weighted by Gasteiger charge is -2.52. The van der Waals surface area contributed by atoms with Gasteiger partial charge in [-0.15, -0.1) is 0 Å². The molecule has 0 saturated carbocycles. The number of piperidine rings is 1. The molecule has 3 nitrogen and oxygen atoms in total. The summed E-state index contributed by atoms with van der Waals surface area (Å²) in [4.78, 5) is 5.64. The molecule has 3 rings (SSSR count). The standard InChI is InChI=1S/C16H30N2O/c1-13(2)16-12-17-8-4-3-5-15(17)11-18(16)14-6-9-19-10-7-14/h13-16H,3-12H2,1-2H3. The smallest absolute Gasteiger partial charge is 0.0480 e. The first kappa shape index (κ1) is 13.8. The zero-order chi connectivity index (χ0) is 13.2. The van der Waals surface area contributed by atoms with Crippen molar-refractivity contribution in [1.82, 2.24) is 9.80 Å². The fourth-order valence-corrected chi connectivity index (χ4v) is 4.26. The van der Waals surface area contributed by atoms with E-state index in [0.29, 0.717) is 0 Å². The van der Waals surface area contributed by atoms with Crippen molar-refractivity contribution < 1.29 is 4.74 Å². The lowest BCUT2D eigenvalue weighted by molar-refractivity contribution is -0.0571. The highest BCUT2D eigenvalue weighted by atomic mass is 16.5. The summed E-state index contributed by atoms with van der Waals surface area (Å²) in [5.74, 6) is 0.769. The summed E-state index contributed by atoms with van der Waals surface area (Å²) < 4.78 is 5.56. The van der Waals surface area contributed by atoms with Gasteiger partial charge in [-0.3, -0.25) is 9.80 Å². The van der Waals surface area contributed by atoms with Crippen LogP contribution in [0.5, 0.6) is 0 Å². The molecule has 3 heterocycles. The molecule has 2 unspecified atom stereocenters. The van der Waals surface area contributed by atoms with E-state index in [1.165, 1.54) is 51.7 Å². The van der Waals surface area contributed by atoms with Gasteiger partial charge in [0.05, 0.1) is 0 Å². The highest BCUT2D eigenvalue weighted by molar-refractivity contribution is 4.95. The summed E-state index contributed by atoms with van der Waals surface area (Å²) in [5.41, 5.74) is 0. The number of fused-ring (bicyclic) bond motifs is 1. The predicted octanol–water partition coefficient (Wildman–Crippen LogP) is 2.36. The number of hydrogen-bond donors (Lipinski definition) is 0. The molecule has 0 aromatic rings. The second-order valence-corrected chi connectivity index (χ2v) is 7.00. The molecule has 0 radical (unpaired) electrons. The van der Waals surface area contributed by atoms with Crippen LogP contribution in [0, 0.1) is 5.92 Å². The molecule has 3 heteroatoms. The Labute approximate surface area is 118 Å². The first-order valence-electron chi connectivity index (χ1n) is 8.33. The Morgan fingerprint density at radius 1 is 0.947 bits per heavy atom. The van der Waals surface area contributed by atoms with Crippen LogP contribution in [0.4, 0.5) is 0 Å². The molecule has 0 N–H and O–H groups in total. The second-order valence-electron chi connectivity index (χ2n) is 7.00. The molecule has 3 saturated heterocycles. The Balaban J connectivity index is 1.71. The summed E-state index contributed by atoms with van der Waals surface area (Å²) in [5, 5.41) is 0. The van der Waals surface area contributed by atoms with E-state index in [9.17, 15) is 0 Å². The van der Waals surface area contributed by atoms with Gasteiger partial charge in [-0.05, 0) is 38.1 Å². The number of piperazine rings is 1. The van der Waals surface area contributed by atoms with Crippen LogP contribution < -0.4 is 0 Å². The van der Waals surface area contributed by atoms with E-state index >= 15 is 0 Å². The van der Waals surface area contributed by atoms with E-state index in [2.05, 4.69) is 23.6 Å². The van der Waals surface area contributed by atoms with Crippen molar-refractivity contribution in [3.63, 3.8) is 0 Å². The van der Waals surface area contributed by atoms with Gasteiger partial charge in [-0.25, -0.2) is 0 Å². The minimum Gasteiger partial charge on any atom is -0.381 e. The average Bonchev–Trinajstić information content (AvgIpc) is 2.46. The van der Waals surface area contributed by atoms with Crippen molar-refractivity contribution >= 4 is 0 Å². The Morgan fingerprint density at radius 3 is 2.47 bits per heavy atom. The fraction of sp³-hybridized carbons (Fsp3) is 1.00. The van der Waals surface area contributed by atoms with Crippen molar-refractivity contribution in [2.75, 3.05) is 32.8 Å². The molecule has 19 heavy (non-hydrogen) atoms. The second kappa shape index (κ2) is 6.11. The van der Waals surface area contributed by atoms with E-state index in [-0.39, 0.29) is 0 Å². The molecular weight excluding hydrogens is 236 g/mol. The van der Waals surface area contributed by atoms with E-state index in [1.807, 2.05) is 0 Å². The van der Waals surface area contributed by atoms with Crippen LogP contribution in [-0.4, -0.2) is 60.8 Å². The molecule has 0 aromatic carbocycles. The molecule has 0 aromatic heterocycles. The van der Waals surface area contributed by atoms with Crippen molar-refractivity contribution in [2.45, 2.75) is 64.1 Å². The van der Waals surface area contributed by atoms with Crippen molar-refractivity contribution in [3.8, 4) is 0 Å². The predicted molar refractivity (Wildman–Crippen MR) is 78.4 cm³/mol. The first-order valence-corrected chi connectivity index (χ1v) is 8.33. The molecule has 2 atom stereocenters. The summed E-state index contributed by atoms with van der Waals surface area (Å²) in [6.07, 6.45) is 6.77. The minimum absolute atomic E-state index is 0.762. The number of ether oxygens (including phenoxy) is 1. The Bertz CT molecular complexity index is 288. The third-order valence-corrected chi connectivity index (χ3v) is 5.45. The fourth-order valence-electron chi connectivity index (χ4n) is 4.26. The molecule has 3 fully saturated rings. The minimum atomic E-state index is 0.762. The summed E-state index contributed by atoms with van der Waals surface area (Å²) in [6.45, 7) is 10.7. The van der Waals surface area contributed by atoms with Crippen LogP contribution in [0.1, 0.15) is 46.0 Å². The van der Waals surface area contributed by atoms with Gasteiger partial charge in [0.1, 0.15) is 0 Å². The largest absolute Gasteiger partial charge is 0.381 e. The zero-order valence-corrected chi connectivity index (χ0v) is 12.7. The summed E-state index contributed by atoms with van der Waals surface area (Å²) in [7, 11) is 0.